The Kier molecular flexibility index (Phi) is 9.40. The Morgan fingerprint density at radius 2 is 1.42 bits per heavy atom. The minimum atomic E-state index is -4.13. The highest BCUT2D eigenvalue weighted by Gasteiger charge is 2.45. The molecule has 1 aliphatic rings. The van der Waals surface area contributed by atoms with Crippen molar-refractivity contribution in [3.63, 3.8) is 0 Å². The summed E-state index contributed by atoms with van der Waals surface area (Å²) in [5.74, 6) is 0.707. The molecule has 0 aromatic heterocycles. The first kappa shape index (κ1) is 30.2. The zero-order valence-electron chi connectivity index (χ0n) is 23.8. The van der Waals surface area contributed by atoms with E-state index >= 15 is 0 Å². The van der Waals surface area contributed by atoms with Crippen molar-refractivity contribution in [3.8, 4) is 11.5 Å². The Labute approximate surface area is 228 Å². The number of rotatable bonds is 9. The highest BCUT2D eigenvalue weighted by atomic mass is 31.2. The molecule has 1 heterocycles. The zero-order valence-corrected chi connectivity index (χ0v) is 25.7. The number of carbonyl (C=O) groups excluding carboxylic acids is 1. The number of ether oxygens (including phenoxy) is 1. The summed E-state index contributed by atoms with van der Waals surface area (Å²) < 4.78 is 43.7. The van der Waals surface area contributed by atoms with Crippen LogP contribution in [0.3, 0.4) is 0 Å². The number of phosphoric acid groups is 1. The second-order valence-electron chi connectivity index (χ2n) is 12.1. The van der Waals surface area contributed by atoms with E-state index in [1.54, 1.807) is 53.4 Å². The van der Waals surface area contributed by atoms with Gasteiger partial charge in [-0.25, -0.2) is 9.36 Å². The quantitative estimate of drug-likeness (QED) is 0.229. The molecule has 38 heavy (non-hydrogen) atoms. The first-order valence-corrected chi connectivity index (χ1v) is 17.4. The maximum absolute atomic E-state index is 13.9. The van der Waals surface area contributed by atoms with Gasteiger partial charge < -0.3 is 23.1 Å². The Balaban J connectivity index is 1.83. The molecular formula is C28H42NO7PSi. The number of phosphoric ester groups is 1. The smallest absolute Gasteiger partial charge is 0.444 e. The number of nitrogens with zero attached hydrogens (tertiary/aromatic N) is 1. The van der Waals surface area contributed by atoms with Gasteiger partial charge >= 0.3 is 13.9 Å². The van der Waals surface area contributed by atoms with Crippen LogP contribution in [0.4, 0.5) is 4.79 Å². The van der Waals surface area contributed by atoms with Crippen LogP contribution in [-0.4, -0.2) is 50.2 Å². The predicted octanol–water partition coefficient (Wildman–Crippen LogP) is 7.67. The summed E-state index contributed by atoms with van der Waals surface area (Å²) in [6.07, 6.45) is -0.683. The van der Waals surface area contributed by atoms with Gasteiger partial charge in [-0.05, 0) is 69.6 Å². The lowest BCUT2D eigenvalue weighted by molar-refractivity contribution is 0.0167. The second kappa shape index (κ2) is 11.8. The fourth-order valence-electron chi connectivity index (χ4n) is 3.64. The first-order valence-electron chi connectivity index (χ1n) is 13.0. The van der Waals surface area contributed by atoms with E-state index in [4.69, 9.17) is 22.7 Å². The van der Waals surface area contributed by atoms with E-state index in [1.807, 2.05) is 32.9 Å². The Hall–Kier alpha value is -2.32. The fourth-order valence-corrected chi connectivity index (χ4v) is 6.08. The molecule has 0 unspecified atom stereocenters. The molecule has 0 radical (unpaired) electrons. The van der Waals surface area contributed by atoms with E-state index in [0.29, 0.717) is 24.5 Å². The molecule has 0 spiro atoms. The molecule has 1 amide bonds. The van der Waals surface area contributed by atoms with Crippen molar-refractivity contribution < 1.29 is 32.1 Å². The lowest BCUT2D eigenvalue weighted by Crippen LogP contribution is -2.46. The summed E-state index contributed by atoms with van der Waals surface area (Å²) in [6, 6.07) is 17.2. The van der Waals surface area contributed by atoms with Gasteiger partial charge in [0.25, 0.3) is 0 Å². The summed E-state index contributed by atoms with van der Waals surface area (Å²) in [6.45, 7) is 16.8. The third kappa shape index (κ3) is 8.60. The minimum absolute atomic E-state index is 0.0149. The average molecular weight is 564 g/mol. The molecule has 0 bridgehead atoms. The van der Waals surface area contributed by atoms with E-state index in [1.165, 1.54) is 0 Å². The van der Waals surface area contributed by atoms with Gasteiger partial charge in [-0.15, -0.1) is 0 Å². The number of hydrogen-bond acceptors (Lipinski definition) is 7. The standard InChI is InChI=1S/C28H42NO7PSi/c1-27(2,3)33-26(30)29-20-25(19-22(29)21-32-38(7,8)28(4,5)6)36-37(31,34-23-15-11-9-12-16-23)35-24-17-13-10-14-18-24/h9-18,22,25H,19-21H2,1-8H3/t22-,25+/m0/s1. The lowest BCUT2D eigenvalue weighted by atomic mass is 10.2. The van der Waals surface area contributed by atoms with Crippen molar-refractivity contribution in [2.45, 2.75) is 83.8 Å². The molecular weight excluding hydrogens is 521 g/mol. The molecule has 1 saturated heterocycles. The molecule has 10 heteroatoms. The van der Waals surface area contributed by atoms with Crippen LogP contribution in [0.25, 0.3) is 0 Å². The van der Waals surface area contributed by atoms with Crippen LogP contribution in [0.1, 0.15) is 48.0 Å². The minimum Gasteiger partial charge on any atom is -0.444 e. The van der Waals surface area contributed by atoms with Crippen LogP contribution < -0.4 is 9.05 Å². The largest absolute Gasteiger partial charge is 0.587 e. The van der Waals surface area contributed by atoms with Crippen LogP contribution in [0.15, 0.2) is 60.7 Å². The van der Waals surface area contributed by atoms with Crippen LogP contribution in [0.5, 0.6) is 11.5 Å². The molecule has 0 saturated carbocycles. The van der Waals surface area contributed by atoms with E-state index in [0.717, 1.165) is 0 Å². The van der Waals surface area contributed by atoms with Crippen molar-refractivity contribution >= 4 is 22.2 Å². The predicted molar refractivity (Wildman–Crippen MR) is 151 cm³/mol. The normalized spacial score (nSPS) is 18.8. The third-order valence-corrected chi connectivity index (χ3v) is 12.6. The summed E-state index contributed by atoms with van der Waals surface area (Å²) in [4.78, 5) is 14.8. The average Bonchev–Trinajstić information content (AvgIpc) is 3.19. The van der Waals surface area contributed by atoms with Crippen molar-refractivity contribution in [1.29, 1.82) is 0 Å². The highest BCUT2D eigenvalue weighted by molar-refractivity contribution is 7.49. The maximum atomic E-state index is 13.9. The van der Waals surface area contributed by atoms with Gasteiger partial charge in [-0.1, -0.05) is 57.2 Å². The molecule has 210 valence electrons. The van der Waals surface area contributed by atoms with Crippen molar-refractivity contribution in [2.75, 3.05) is 13.2 Å². The second-order valence-corrected chi connectivity index (χ2v) is 18.4. The van der Waals surface area contributed by atoms with E-state index < -0.39 is 33.9 Å². The van der Waals surface area contributed by atoms with Gasteiger partial charge in [0.2, 0.25) is 0 Å². The molecule has 0 aliphatic carbocycles. The number of benzene rings is 2. The third-order valence-electron chi connectivity index (χ3n) is 6.65. The van der Waals surface area contributed by atoms with E-state index in [-0.39, 0.29) is 17.6 Å². The maximum Gasteiger partial charge on any atom is 0.587 e. The number of likely N-dealkylation sites (tertiary alicyclic amines) is 1. The topological polar surface area (TPSA) is 83.5 Å². The lowest BCUT2D eigenvalue weighted by Gasteiger charge is -2.38. The highest BCUT2D eigenvalue weighted by Crippen LogP contribution is 2.52. The van der Waals surface area contributed by atoms with Crippen molar-refractivity contribution in [2.24, 2.45) is 0 Å². The Bertz CT molecular complexity index is 1050. The van der Waals surface area contributed by atoms with Gasteiger partial charge in [-0.3, -0.25) is 4.52 Å². The van der Waals surface area contributed by atoms with Gasteiger partial charge in [0.1, 0.15) is 17.1 Å². The van der Waals surface area contributed by atoms with E-state index in [2.05, 4.69) is 33.9 Å². The van der Waals surface area contributed by atoms with Crippen LogP contribution in [0.2, 0.25) is 18.1 Å². The Morgan fingerprint density at radius 3 is 1.87 bits per heavy atom. The summed E-state index contributed by atoms with van der Waals surface area (Å²) in [5.41, 5.74) is -0.664. The van der Waals surface area contributed by atoms with Gasteiger partial charge in [-0.2, -0.15) is 0 Å². The molecule has 0 N–H and O–H groups in total. The molecule has 1 aliphatic heterocycles. The van der Waals surface area contributed by atoms with Crippen LogP contribution >= 0.6 is 7.82 Å². The summed E-state index contributed by atoms with van der Waals surface area (Å²) in [5, 5.41) is 0.0149. The molecule has 2 atom stereocenters. The van der Waals surface area contributed by atoms with Crippen LogP contribution in [0, 0.1) is 0 Å². The summed E-state index contributed by atoms with van der Waals surface area (Å²) in [7, 11) is -6.20. The summed E-state index contributed by atoms with van der Waals surface area (Å²) >= 11 is 0. The number of amides is 1. The SMILES string of the molecule is CC(C)(C)OC(=O)N1C[C@H](OP(=O)(Oc2ccccc2)Oc2ccccc2)C[C@H]1CO[Si](C)(C)C(C)(C)C. The fraction of sp³-hybridized carbons (Fsp3) is 0.536. The van der Waals surface area contributed by atoms with Gasteiger partial charge in [0, 0.05) is 0 Å². The number of hydrogen-bond donors (Lipinski definition) is 0. The van der Waals surface area contributed by atoms with Crippen molar-refractivity contribution in [1.82, 2.24) is 4.90 Å². The van der Waals surface area contributed by atoms with Gasteiger partial charge in [0.05, 0.1) is 25.3 Å². The molecule has 1 fully saturated rings. The van der Waals surface area contributed by atoms with Crippen molar-refractivity contribution in [3.05, 3.63) is 60.7 Å². The van der Waals surface area contributed by atoms with E-state index in [9.17, 15) is 9.36 Å². The molecule has 2 aromatic carbocycles. The number of carbonyl (C=O) groups is 1. The zero-order chi connectivity index (χ0) is 28.2. The monoisotopic (exact) mass is 563 g/mol. The van der Waals surface area contributed by atoms with Crippen LogP contribution in [-0.2, 0) is 18.3 Å². The molecule has 8 nitrogen and oxygen atoms in total. The number of para-hydroxylation sites is 2. The molecule has 2 aromatic rings. The first-order chi connectivity index (χ1) is 17.6. The Morgan fingerprint density at radius 1 is 0.921 bits per heavy atom. The molecule has 3 rings (SSSR count). The van der Waals surface area contributed by atoms with Gasteiger partial charge in [0.15, 0.2) is 8.32 Å².